The van der Waals surface area contributed by atoms with E-state index in [1.807, 2.05) is 26.2 Å². The summed E-state index contributed by atoms with van der Waals surface area (Å²) in [7, 11) is 1.85. The molecule has 0 unspecified atom stereocenters. The molecule has 0 saturated heterocycles. The van der Waals surface area contributed by atoms with Crippen molar-refractivity contribution in [2.75, 3.05) is 6.61 Å². The number of benzene rings is 1. The summed E-state index contributed by atoms with van der Waals surface area (Å²) in [5.74, 6) is 1.14. The summed E-state index contributed by atoms with van der Waals surface area (Å²) in [6.45, 7) is 2.70. The molecule has 7 heteroatoms. The van der Waals surface area contributed by atoms with E-state index in [4.69, 9.17) is 20.4 Å². The Kier molecular flexibility index (Phi) is 4.65. The van der Waals surface area contributed by atoms with E-state index in [0.717, 1.165) is 5.69 Å². The molecule has 0 aliphatic carbocycles. The molecule has 2 rings (SSSR count). The fourth-order valence-corrected chi connectivity index (χ4v) is 1.80. The summed E-state index contributed by atoms with van der Waals surface area (Å²) in [5, 5.41) is 15.9. The molecule has 0 spiro atoms. The standard InChI is InChI=1S/C14H18N4O3/c1-3-20-13-8-10(14(15)17-19)4-5-12(13)21-9-11-6-7-18(2)16-11/h4-8,19H,3,9H2,1-2H3,(H2,15,17). The maximum Gasteiger partial charge on any atom is 0.170 e. The highest BCUT2D eigenvalue weighted by atomic mass is 16.5. The molecule has 1 heterocycles. The third-order valence-electron chi connectivity index (χ3n) is 2.79. The zero-order chi connectivity index (χ0) is 15.2. The number of rotatable bonds is 6. The van der Waals surface area contributed by atoms with Crippen molar-refractivity contribution in [3.8, 4) is 11.5 Å². The van der Waals surface area contributed by atoms with Gasteiger partial charge in [-0.2, -0.15) is 5.10 Å². The molecule has 1 aromatic heterocycles. The lowest BCUT2D eigenvalue weighted by molar-refractivity contribution is 0.265. The number of oxime groups is 1. The van der Waals surface area contributed by atoms with Gasteiger partial charge >= 0.3 is 0 Å². The van der Waals surface area contributed by atoms with Gasteiger partial charge in [-0.3, -0.25) is 4.68 Å². The number of aromatic nitrogens is 2. The lowest BCUT2D eigenvalue weighted by Crippen LogP contribution is -2.13. The zero-order valence-electron chi connectivity index (χ0n) is 12.0. The van der Waals surface area contributed by atoms with Gasteiger partial charge in [0.2, 0.25) is 0 Å². The van der Waals surface area contributed by atoms with Crippen LogP contribution in [0.1, 0.15) is 18.2 Å². The van der Waals surface area contributed by atoms with Crippen LogP contribution in [-0.2, 0) is 13.7 Å². The van der Waals surface area contributed by atoms with Crippen LogP contribution < -0.4 is 15.2 Å². The predicted octanol–water partition coefficient (Wildman–Crippen LogP) is 1.49. The summed E-state index contributed by atoms with van der Waals surface area (Å²) in [4.78, 5) is 0. The molecule has 1 aromatic carbocycles. The predicted molar refractivity (Wildman–Crippen MR) is 77.7 cm³/mol. The first kappa shape index (κ1) is 14.7. The lowest BCUT2D eigenvalue weighted by Gasteiger charge is -2.12. The fourth-order valence-electron chi connectivity index (χ4n) is 1.80. The summed E-state index contributed by atoms with van der Waals surface area (Å²) in [5.41, 5.74) is 6.95. The smallest absolute Gasteiger partial charge is 0.170 e. The largest absolute Gasteiger partial charge is 0.490 e. The van der Waals surface area contributed by atoms with Gasteiger partial charge in [0.15, 0.2) is 17.3 Å². The molecular formula is C14H18N4O3. The Hall–Kier alpha value is -2.70. The van der Waals surface area contributed by atoms with Crippen molar-refractivity contribution in [1.82, 2.24) is 9.78 Å². The van der Waals surface area contributed by atoms with E-state index >= 15 is 0 Å². The van der Waals surface area contributed by atoms with Crippen LogP contribution >= 0.6 is 0 Å². The first-order chi connectivity index (χ1) is 10.1. The van der Waals surface area contributed by atoms with Gasteiger partial charge in [0.05, 0.1) is 12.3 Å². The van der Waals surface area contributed by atoms with Crippen molar-refractivity contribution in [3.05, 3.63) is 41.7 Å². The molecule has 21 heavy (non-hydrogen) atoms. The van der Waals surface area contributed by atoms with Crippen LogP contribution in [0.5, 0.6) is 11.5 Å². The van der Waals surface area contributed by atoms with Gasteiger partial charge in [0.1, 0.15) is 6.61 Å². The van der Waals surface area contributed by atoms with E-state index in [-0.39, 0.29) is 5.84 Å². The van der Waals surface area contributed by atoms with Gasteiger partial charge in [-0.25, -0.2) is 0 Å². The van der Waals surface area contributed by atoms with Crippen LogP contribution in [0, 0.1) is 0 Å². The second-order valence-corrected chi connectivity index (χ2v) is 4.35. The third-order valence-corrected chi connectivity index (χ3v) is 2.79. The minimum atomic E-state index is 0.0206. The first-order valence-corrected chi connectivity index (χ1v) is 6.50. The highest BCUT2D eigenvalue weighted by Crippen LogP contribution is 2.29. The van der Waals surface area contributed by atoms with Crippen LogP contribution in [0.3, 0.4) is 0 Å². The molecule has 0 atom stereocenters. The lowest BCUT2D eigenvalue weighted by atomic mass is 10.2. The maximum absolute atomic E-state index is 8.71. The molecular weight excluding hydrogens is 272 g/mol. The second-order valence-electron chi connectivity index (χ2n) is 4.35. The van der Waals surface area contributed by atoms with Gasteiger partial charge in [-0.15, -0.1) is 0 Å². The topological polar surface area (TPSA) is 94.9 Å². The minimum Gasteiger partial charge on any atom is -0.490 e. The Morgan fingerprint density at radius 3 is 2.76 bits per heavy atom. The molecule has 0 bridgehead atoms. The molecule has 0 aliphatic heterocycles. The molecule has 7 nitrogen and oxygen atoms in total. The molecule has 0 aliphatic rings. The van der Waals surface area contributed by atoms with Gasteiger partial charge in [-0.05, 0) is 31.2 Å². The van der Waals surface area contributed by atoms with Crippen LogP contribution in [0.25, 0.3) is 0 Å². The molecule has 3 N–H and O–H groups in total. The SMILES string of the molecule is CCOc1cc(/C(N)=N/O)ccc1OCc1ccn(C)n1. The Morgan fingerprint density at radius 2 is 2.14 bits per heavy atom. The second kappa shape index (κ2) is 6.65. The summed E-state index contributed by atoms with van der Waals surface area (Å²) < 4.78 is 12.9. The summed E-state index contributed by atoms with van der Waals surface area (Å²) in [6, 6.07) is 6.98. The van der Waals surface area contributed by atoms with Crippen molar-refractivity contribution < 1.29 is 14.7 Å². The van der Waals surface area contributed by atoms with Crippen molar-refractivity contribution in [2.24, 2.45) is 17.9 Å². The van der Waals surface area contributed by atoms with Crippen molar-refractivity contribution in [1.29, 1.82) is 0 Å². The van der Waals surface area contributed by atoms with Gasteiger partial charge in [-0.1, -0.05) is 5.16 Å². The van der Waals surface area contributed by atoms with Gasteiger partial charge in [0, 0.05) is 18.8 Å². The van der Waals surface area contributed by atoms with Gasteiger partial charge < -0.3 is 20.4 Å². The van der Waals surface area contributed by atoms with E-state index in [1.165, 1.54) is 0 Å². The molecule has 0 fully saturated rings. The van der Waals surface area contributed by atoms with E-state index < -0.39 is 0 Å². The van der Waals surface area contributed by atoms with Crippen molar-refractivity contribution in [2.45, 2.75) is 13.5 Å². The Labute approximate surface area is 122 Å². The van der Waals surface area contributed by atoms with Crippen LogP contribution in [0.15, 0.2) is 35.6 Å². The highest BCUT2D eigenvalue weighted by Gasteiger charge is 2.10. The number of nitrogens with two attached hydrogens (primary N) is 1. The normalized spacial score (nSPS) is 11.4. The zero-order valence-corrected chi connectivity index (χ0v) is 12.0. The minimum absolute atomic E-state index is 0.0206. The monoisotopic (exact) mass is 290 g/mol. The number of aryl methyl sites for hydroxylation is 1. The van der Waals surface area contributed by atoms with E-state index in [0.29, 0.717) is 30.3 Å². The third kappa shape index (κ3) is 3.65. The van der Waals surface area contributed by atoms with Crippen molar-refractivity contribution in [3.63, 3.8) is 0 Å². The Bertz CT molecular complexity index is 637. The summed E-state index contributed by atoms with van der Waals surface area (Å²) >= 11 is 0. The number of nitrogens with zero attached hydrogens (tertiary/aromatic N) is 3. The molecule has 0 saturated carbocycles. The number of ether oxygens (including phenoxy) is 2. The first-order valence-electron chi connectivity index (χ1n) is 6.50. The average molecular weight is 290 g/mol. The van der Waals surface area contributed by atoms with Crippen LogP contribution in [-0.4, -0.2) is 27.4 Å². The van der Waals surface area contributed by atoms with Crippen LogP contribution in [0.2, 0.25) is 0 Å². The summed E-state index contributed by atoms with van der Waals surface area (Å²) in [6.07, 6.45) is 1.85. The quantitative estimate of drug-likeness (QED) is 0.364. The molecule has 2 aromatic rings. The van der Waals surface area contributed by atoms with Crippen molar-refractivity contribution >= 4 is 5.84 Å². The molecule has 0 amide bonds. The maximum atomic E-state index is 8.71. The highest BCUT2D eigenvalue weighted by molar-refractivity contribution is 5.97. The Morgan fingerprint density at radius 1 is 1.33 bits per heavy atom. The van der Waals surface area contributed by atoms with Crippen LogP contribution in [0.4, 0.5) is 0 Å². The number of hydrogen-bond donors (Lipinski definition) is 2. The fraction of sp³-hybridized carbons (Fsp3) is 0.286. The number of hydrogen-bond acceptors (Lipinski definition) is 5. The van der Waals surface area contributed by atoms with E-state index in [2.05, 4.69) is 10.3 Å². The number of amidine groups is 1. The Balaban J connectivity index is 2.17. The molecule has 112 valence electrons. The van der Waals surface area contributed by atoms with Gasteiger partial charge in [0.25, 0.3) is 0 Å². The average Bonchev–Trinajstić information content (AvgIpc) is 2.91. The molecule has 0 radical (unpaired) electrons. The van der Waals surface area contributed by atoms with E-state index in [9.17, 15) is 0 Å². The van der Waals surface area contributed by atoms with E-state index in [1.54, 1.807) is 22.9 Å².